The van der Waals surface area contributed by atoms with Gasteiger partial charge in [-0.25, -0.2) is 14.8 Å². The van der Waals surface area contributed by atoms with Crippen LogP contribution in [0.3, 0.4) is 0 Å². The number of nitrogens with one attached hydrogen (secondary N) is 1. The van der Waals surface area contributed by atoms with Crippen LogP contribution in [0.5, 0.6) is 5.75 Å². The largest absolute Gasteiger partial charge is 0.497 e. The maximum atomic E-state index is 12.8. The van der Waals surface area contributed by atoms with Gasteiger partial charge >= 0.3 is 5.97 Å². The average molecular weight is 498 g/mol. The summed E-state index contributed by atoms with van der Waals surface area (Å²) in [5.74, 6) is 0.343. The van der Waals surface area contributed by atoms with E-state index < -0.39 is 0 Å². The highest BCUT2D eigenvalue weighted by Crippen LogP contribution is 2.38. The van der Waals surface area contributed by atoms with E-state index in [2.05, 4.69) is 15.3 Å². The van der Waals surface area contributed by atoms with E-state index in [0.29, 0.717) is 22.3 Å². The van der Waals surface area contributed by atoms with E-state index >= 15 is 0 Å². The lowest BCUT2D eigenvalue weighted by atomic mass is 9.95. The molecule has 0 bridgehead atoms. The Bertz CT molecular complexity index is 1190. The molecule has 178 valence electrons. The Morgan fingerprint density at radius 3 is 2.65 bits per heavy atom. The van der Waals surface area contributed by atoms with Crippen LogP contribution in [0.2, 0.25) is 0 Å². The van der Waals surface area contributed by atoms with Crippen LogP contribution in [-0.2, 0) is 22.4 Å². The molecule has 1 aliphatic rings. The molecule has 0 saturated heterocycles. The second-order valence-corrected chi connectivity index (χ2v) is 9.93. The number of carbonyl (C=O) groups is 2. The van der Waals surface area contributed by atoms with Crippen molar-refractivity contribution in [2.24, 2.45) is 0 Å². The maximum absolute atomic E-state index is 12.8. The number of aryl methyl sites for hydroxylation is 2. The molecule has 3 aromatic rings. The SMILES string of the molecule is CCOC(=O)c1c(NC(=O)CSc2nc(C)cc(-c3ccc(OC)cc3)n2)sc2c1CCCC2. The first-order valence-corrected chi connectivity index (χ1v) is 13.0. The van der Waals surface area contributed by atoms with Gasteiger partial charge in [0.05, 0.1) is 30.7 Å². The van der Waals surface area contributed by atoms with Gasteiger partial charge in [-0.3, -0.25) is 4.79 Å². The number of nitrogens with zero attached hydrogens (tertiary/aromatic N) is 2. The number of benzene rings is 1. The third-order valence-corrected chi connectivity index (χ3v) is 7.51. The van der Waals surface area contributed by atoms with Crippen molar-refractivity contribution in [1.82, 2.24) is 9.97 Å². The van der Waals surface area contributed by atoms with Crippen LogP contribution < -0.4 is 10.1 Å². The quantitative estimate of drug-likeness (QED) is 0.256. The lowest BCUT2D eigenvalue weighted by molar-refractivity contribution is -0.113. The number of hydrogen-bond donors (Lipinski definition) is 1. The number of esters is 1. The van der Waals surface area contributed by atoms with Crippen LogP contribution in [0.4, 0.5) is 5.00 Å². The Hall–Kier alpha value is -2.91. The molecule has 0 atom stereocenters. The van der Waals surface area contributed by atoms with Crippen LogP contribution in [0.1, 0.15) is 46.3 Å². The third kappa shape index (κ3) is 5.59. The van der Waals surface area contributed by atoms with Gasteiger partial charge in [0, 0.05) is 16.1 Å². The molecule has 0 spiro atoms. The van der Waals surface area contributed by atoms with Gasteiger partial charge in [0.1, 0.15) is 10.8 Å². The Morgan fingerprint density at radius 2 is 1.91 bits per heavy atom. The second-order valence-electron chi connectivity index (χ2n) is 7.88. The highest BCUT2D eigenvalue weighted by molar-refractivity contribution is 7.99. The average Bonchev–Trinajstić information content (AvgIpc) is 3.20. The zero-order valence-corrected chi connectivity index (χ0v) is 21.1. The summed E-state index contributed by atoms with van der Waals surface area (Å²) in [5, 5.41) is 4.05. The van der Waals surface area contributed by atoms with Crippen LogP contribution in [0, 0.1) is 6.92 Å². The van der Waals surface area contributed by atoms with Crippen molar-refractivity contribution in [3.63, 3.8) is 0 Å². The van der Waals surface area contributed by atoms with Gasteiger partial charge in [0.2, 0.25) is 5.91 Å². The Labute approximate surface area is 207 Å². The number of hydrogen-bond acceptors (Lipinski definition) is 8. The van der Waals surface area contributed by atoms with Crippen molar-refractivity contribution in [2.75, 3.05) is 24.8 Å². The van der Waals surface area contributed by atoms with E-state index in [9.17, 15) is 9.59 Å². The van der Waals surface area contributed by atoms with Crippen LogP contribution in [-0.4, -0.2) is 41.3 Å². The summed E-state index contributed by atoms with van der Waals surface area (Å²) < 4.78 is 10.5. The molecule has 0 radical (unpaired) electrons. The number of rotatable bonds is 8. The van der Waals surface area contributed by atoms with Crippen LogP contribution in [0.15, 0.2) is 35.5 Å². The molecular weight excluding hydrogens is 470 g/mol. The van der Waals surface area contributed by atoms with Crippen molar-refractivity contribution in [2.45, 2.75) is 44.7 Å². The lowest BCUT2D eigenvalue weighted by Crippen LogP contribution is -2.17. The Morgan fingerprint density at radius 1 is 1.15 bits per heavy atom. The van der Waals surface area contributed by atoms with Gasteiger partial charge in [0.25, 0.3) is 0 Å². The first-order valence-electron chi connectivity index (χ1n) is 11.2. The summed E-state index contributed by atoms with van der Waals surface area (Å²) in [7, 11) is 1.63. The zero-order valence-electron chi connectivity index (χ0n) is 19.5. The summed E-state index contributed by atoms with van der Waals surface area (Å²) in [6, 6.07) is 9.56. The van der Waals surface area contributed by atoms with E-state index in [4.69, 9.17) is 9.47 Å². The normalized spacial score (nSPS) is 12.7. The fraction of sp³-hybridized carbons (Fsp3) is 0.360. The monoisotopic (exact) mass is 497 g/mol. The fourth-order valence-electron chi connectivity index (χ4n) is 3.88. The van der Waals surface area contributed by atoms with Gasteiger partial charge < -0.3 is 14.8 Å². The molecule has 2 heterocycles. The van der Waals surface area contributed by atoms with Gasteiger partial charge in [-0.2, -0.15) is 0 Å². The fourth-order valence-corrected chi connectivity index (χ4v) is 5.88. The van der Waals surface area contributed by atoms with Crippen molar-refractivity contribution in [1.29, 1.82) is 0 Å². The maximum Gasteiger partial charge on any atom is 0.341 e. The topological polar surface area (TPSA) is 90.4 Å². The summed E-state index contributed by atoms with van der Waals surface area (Å²) in [6.07, 6.45) is 3.92. The summed E-state index contributed by atoms with van der Waals surface area (Å²) in [6.45, 7) is 3.99. The molecule has 1 amide bonds. The molecule has 0 fully saturated rings. The summed E-state index contributed by atoms with van der Waals surface area (Å²) in [5.41, 5.74) is 4.10. The van der Waals surface area contributed by atoms with E-state index in [-0.39, 0.29) is 17.6 Å². The van der Waals surface area contributed by atoms with E-state index in [0.717, 1.165) is 53.9 Å². The number of methoxy groups -OCH3 is 1. The third-order valence-electron chi connectivity index (χ3n) is 5.46. The zero-order chi connectivity index (χ0) is 24.1. The first kappa shape index (κ1) is 24.2. The lowest BCUT2D eigenvalue weighted by Gasteiger charge is -2.12. The van der Waals surface area contributed by atoms with Crippen molar-refractivity contribution in [3.05, 3.63) is 52.0 Å². The second kappa shape index (κ2) is 11.0. The summed E-state index contributed by atoms with van der Waals surface area (Å²) in [4.78, 5) is 35.7. The van der Waals surface area contributed by atoms with Crippen molar-refractivity contribution in [3.8, 4) is 17.0 Å². The van der Waals surface area contributed by atoms with Gasteiger partial charge in [0.15, 0.2) is 5.16 Å². The van der Waals surface area contributed by atoms with Crippen molar-refractivity contribution < 1.29 is 19.1 Å². The number of thioether (sulfide) groups is 1. The van der Waals surface area contributed by atoms with Gasteiger partial charge in [-0.05, 0) is 75.4 Å². The van der Waals surface area contributed by atoms with Gasteiger partial charge in [-0.15, -0.1) is 11.3 Å². The number of aromatic nitrogens is 2. The minimum atomic E-state index is -0.365. The van der Waals surface area contributed by atoms with Crippen LogP contribution in [0.25, 0.3) is 11.3 Å². The van der Waals surface area contributed by atoms with E-state index in [1.165, 1.54) is 28.0 Å². The molecular formula is C25H27N3O4S2. The Balaban J connectivity index is 1.47. The minimum absolute atomic E-state index is 0.135. The number of carbonyl (C=O) groups excluding carboxylic acids is 2. The molecule has 2 aromatic heterocycles. The number of ether oxygens (including phenoxy) is 2. The predicted octanol–water partition coefficient (Wildman–Crippen LogP) is 5.31. The molecule has 1 aliphatic carbocycles. The highest BCUT2D eigenvalue weighted by atomic mass is 32.2. The van der Waals surface area contributed by atoms with E-state index in [1.807, 2.05) is 37.3 Å². The molecule has 0 aliphatic heterocycles. The number of thiophene rings is 1. The molecule has 34 heavy (non-hydrogen) atoms. The molecule has 1 aromatic carbocycles. The smallest absolute Gasteiger partial charge is 0.341 e. The highest BCUT2D eigenvalue weighted by Gasteiger charge is 2.27. The number of fused-ring (bicyclic) bond motifs is 1. The number of anilines is 1. The summed E-state index contributed by atoms with van der Waals surface area (Å²) >= 11 is 2.76. The molecule has 7 nitrogen and oxygen atoms in total. The van der Waals surface area contributed by atoms with Gasteiger partial charge in [-0.1, -0.05) is 11.8 Å². The predicted molar refractivity (Wildman–Crippen MR) is 135 cm³/mol. The minimum Gasteiger partial charge on any atom is -0.497 e. The number of amides is 1. The van der Waals surface area contributed by atoms with Crippen LogP contribution >= 0.6 is 23.1 Å². The Kier molecular flexibility index (Phi) is 7.84. The molecule has 0 saturated carbocycles. The van der Waals surface area contributed by atoms with E-state index in [1.54, 1.807) is 14.0 Å². The molecule has 9 heteroatoms. The van der Waals surface area contributed by atoms with Crippen molar-refractivity contribution >= 4 is 40.0 Å². The molecule has 4 rings (SSSR count). The first-order chi connectivity index (χ1) is 16.5. The standard InChI is InChI=1S/C25H27N3O4S2/c1-4-32-24(30)22-18-7-5-6-8-20(18)34-23(22)28-21(29)14-33-25-26-15(2)13-19(27-25)16-9-11-17(31-3)12-10-16/h9-13H,4-8,14H2,1-3H3,(H,28,29). The molecule has 1 N–H and O–H groups in total. The molecule has 0 unspecified atom stereocenters.